The van der Waals surface area contributed by atoms with Crippen molar-refractivity contribution in [1.82, 2.24) is 14.3 Å². The Bertz CT molecular complexity index is 817. The van der Waals surface area contributed by atoms with Gasteiger partial charge in [0.15, 0.2) is 0 Å². The summed E-state index contributed by atoms with van der Waals surface area (Å²) in [4.78, 5) is 9.20. The van der Waals surface area contributed by atoms with E-state index in [9.17, 15) is 8.42 Å². The van der Waals surface area contributed by atoms with Crippen LogP contribution in [0.15, 0.2) is 41.4 Å². The highest BCUT2D eigenvalue weighted by Gasteiger charge is 2.31. The zero-order valence-electron chi connectivity index (χ0n) is 14.6. The molecule has 1 aromatic carbocycles. The van der Waals surface area contributed by atoms with Crippen molar-refractivity contribution in [2.75, 3.05) is 20.2 Å². The van der Waals surface area contributed by atoms with E-state index >= 15 is 0 Å². The van der Waals surface area contributed by atoms with Crippen molar-refractivity contribution in [2.45, 2.75) is 37.2 Å². The van der Waals surface area contributed by atoms with Crippen LogP contribution in [0, 0.1) is 6.92 Å². The van der Waals surface area contributed by atoms with E-state index in [0.717, 1.165) is 29.9 Å². The van der Waals surface area contributed by atoms with Crippen molar-refractivity contribution in [3.8, 4) is 0 Å². The van der Waals surface area contributed by atoms with Crippen molar-refractivity contribution in [2.24, 2.45) is 0 Å². The fraction of sp³-hybridized carbons (Fsp3) is 0.444. The Labute approximate surface area is 148 Å². The van der Waals surface area contributed by atoms with Crippen LogP contribution in [-0.4, -0.2) is 42.9 Å². The van der Waals surface area contributed by atoms with E-state index in [1.54, 1.807) is 35.7 Å². The second kappa shape index (κ2) is 7.59. The zero-order chi connectivity index (χ0) is 17.9. The van der Waals surface area contributed by atoms with Crippen molar-refractivity contribution in [1.29, 1.82) is 0 Å². The van der Waals surface area contributed by atoms with Crippen LogP contribution < -0.4 is 0 Å². The fourth-order valence-corrected chi connectivity index (χ4v) is 4.73. The van der Waals surface area contributed by atoms with E-state index < -0.39 is 10.0 Å². The first-order valence-electron chi connectivity index (χ1n) is 8.39. The van der Waals surface area contributed by atoms with E-state index in [-0.39, 0.29) is 5.92 Å². The van der Waals surface area contributed by atoms with Gasteiger partial charge >= 0.3 is 0 Å². The van der Waals surface area contributed by atoms with Gasteiger partial charge in [0.2, 0.25) is 10.0 Å². The van der Waals surface area contributed by atoms with Gasteiger partial charge in [-0.05, 0) is 31.9 Å². The normalized spacial score (nSPS) is 16.9. The van der Waals surface area contributed by atoms with E-state index in [1.165, 1.54) is 0 Å². The number of aryl methyl sites for hydroxylation is 1. The maximum Gasteiger partial charge on any atom is 0.243 e. The van der Waals surface area contributed by atoms with Crippen LogP contribution in [0.1, 0.15) is 35.8 Å². The number of sulfonamides is 1. The average molecular weight is 361 g/mol. The lowest BCUT2D eigenvalue weighted by molar-refractivity contribution is 0.182. The molecule has 6 nitrogen and oxygen atoms in total. The lowest BCUT2D eigenvalue weighted by Gasteiger charge is -2.31. The third-order valence-electron chi connectivity index (χ3n) is 4.54. The molecule has 1 aliphatic heterocycles. The van der Waals surface area contributed by atoms with Crippen LogP contribution in [0.4, 0.5) is 0 Å². The summed E-state index contributed by atoms with van der Waals surface area (Å²) in [5.41, 5.74) is 1.98. The van der Waals surface area contributed by atoms with Crippen molar-refractivity contribution >= 4 is 10.0 Å². The molecule has 1 aliphatic rings. The number of aromatic nitrogens is 2. The van der Waals surface area contributed by atoms with Crippen LogP contribution in [0.25, 0.3) is 0 Å². The molecule has 0 spiro atoms. The molecule has 0 amide bonds. The van der Waals surface area contributed by atoms with Gasteiger partial charge in [-0.15, -0.1) is 0 Å². The molecule has 2 aromatic rings. The van der Waals surface area contributed by atoms with Gasteiger partial charge in [0.05, 0.1) is 17.2 Å². The summed E-state index contributed by atoms with van der Waals surface area (Å²) < 4.78 is 32.3. The number of hydrogen-bond donors (Lipinski definition) is 0. The quantitative estimate of drug-likeness (QED) is 0.818. The van der Waals surface area contributed by atoms with Gasteiger partial charge in [-0.2, -0.15) is 4.31 Å². The summed E-state index contributed by atoms with van der Waals surface area (Å²) in [7, 11) is -1.77. The standard InChI is InChI=1S/C18H23N3O3S/c1-14-19-12-16(13-24-2)18(20-14)15-8-10-21(11-9-15)25(22,23)17-6-4-3-5-7-17/h3-7,12,15H,8-11,13H2,1-2H3. The zero-order valence-corrected chi connectivity index (χ0v) is 15.4. The van der Waals surface area contributed by atoms with Crippen LogP contribution in [0.2, 0.25) is 0 Å². The number of benzene rings is 1. The largest absolute Gasteiger partial charge is 0.380 e. The Hall–Kier alpha value is -1.83. The monoisotopic (exact) mass is 361 g/mol. The third-order valence-corrected chi connectivity index (χ3v) is 6.45. The minimum absolute atomic E-state index is 0.231. The first-order chi connectivity index (χ1) is 12.0. The number of rotatable bonds is 5. The van der Waals surface area contributed by atoms with Gasteiger partial charge in [-0.25, -0.2) is 18.4 Å². The minimum Gasteiger partial charge on any atom is -0.380 e. The second-order valence-corrected chi connectivity index (χ2v) is 8.19. The molecule has 0 saturated carbocycles. The Morgan fingerprint density at radius 1 is 1.20 bits per heavy atom. The number of hydrogen-bond acceptors (Lipinski definition) is 5. The summed E-state index contributed by atoms with van der Waals surface area (Å²) in [5.74, 6) is 0.961. The maximum absolute atomic E-state index is 12.7. The smallest absolute Gasteiger partial charge is 0.243 e. The molecular weight excluding hydrogens is 338 g/mol. The van der Waals surface area contributed by atoms with E-state index in [1.807, 2.05) is 19.2 Å². The molecule has 25 heavy (non-hydrogen) atoms. The van der Waals surface area contributed by atoms with E-state index in [2.05, 4.69) is 9.97 Å². The number of piperidine rings is 1. The molecular formula is C18H23N3O3S. The third kappa shape index (κ3) is 3.89. The fourth-order valence-electron chi connectivity index (χ4n) is 3.24. The number of ether oxygens (including phenoxy) is 1. The average Bonchev–Trinajstić information content (AvgIpc) is 2.64. The molecule has 2 heterocycles. The van der Waals surface area contributed by atoms with Crippen molar-refractivity contribution in [3.05, 3.63) is 53.6 Å². The molecule has 1 fully saturated rings. The SMILES string of the molecule is COCc1cnc(C)nc1C1CCN(S(=O)(=O)c2ccccc2)CC1. The molecule has 0 unspecified atom stereocenters. The summed E-state index contributed by atoms with van der Waals surface area (Å²) in [6.45, 7) is 3.34. The van der Waals surface area contributed by atoms with E-state index in [0.29, 0.717) is 24.6 Å². The highest BCUT2D eigenvalue weighted by molar-refractivity contribution is 7.89. The molecule has 134 valence electrons. The summed E-state index contributed by atoms with van der Waals surface area (Å²) in [6, 6.07) is 8.61. The Morgan fingerprint density at radius 2 is 1.88 bits per heavy atom. The minimum atomic E-state index is -3.42. The maximum atomic E-state index is 12.7. The Balaban J connectivity index is 1.75. The molecule has 0 radical (unpaired) electrons. The molecule has 1 aromatic heterocycles. The first kappa shape index (κ1) is 18.0. The van der Waals surface area contributed by atoms with Crippen molar-refractivity contribution < 1.29 is 13.2 Å². The Morgan fingerprint density at radius 3 is 2.52 bits per heavy atom. The molecule has 0 aliphatic carbocycles. The molecule has 0 bridgehead atoms. The van der Waals surface area contributed by atoms with Crippen LogP contribution in [0.3, 0.4) is 0 Å². The van der Waals surface area contributed by atoms with Gasteiger partial charge in [0, 0.05) is 37.9 Å². The molecule has 0 atom stereocenters. The Kier molecular flexibility index (Phi) is 5.46. The topological polar surface area (TPSA) is 72.4 Å². The highest BCUT2D eigenvalue weighted by Crippen LogP contribution is 2.31. The summed E-state index contributed by atoms with van der Waals surface area (Å²) >= 11 is 0. The van der Waals surface area contributed by atoms with Gasteiger partial charge in [0.1, 0.15) is 5.82 Å². The lowest BCUT2D eigenvalue weighted by Crippen LogP contribution is -2.38. The molecule has 1 saturated heterocycles. The van der Waals surface area contributed by atoms with Gasteiger partial charge in [-0.3, -0.25) is 0 Å². The molecule has 3 rings (SSSR count). The van der Waals surface area contributed by atoms with Crippen LogP contribution >= 0.6 is 0 Å². The van der Waals surface area contributed by atoms with E-state index in [4.69, 9.17) is 4.74 Å². The van der Waals surface area contributed by atoms with Crippen LogP contribution in [0.5, 0.6) is 0 Å². The van der Waals surface area contributed by atoms with Crippen molar-refractivity contribution in [3.63, 3.8) is 0 Å². The lowest BCUT2D eigenvalue weighted by atomic mass is 9.92. The second-order valence-electron chi connectivity index (χ2n) is 6.25. The summed E-state index contributed by atoms with van der Waals surface area (Å²) in [6.07, 6.45) is 3.31. The van der Waals surface area contributed by atoms with Gasteiger partial charge in [-0.1, -0.05) is 18.2 Å². The molecule has 0 N–H and O–H groups in total. The molecule has 7 heteroatoms. The van der Waals surface area contributed by atoms with Gasteiger partial charge < -0.3 is 4.74 Å². The van der Waals surface area contributed by atoms with Gasteiger partial charge in [0.25, 0.3) is 0 Å². The summed E-state index contributed by atoms with van der Waals surface area (Å²) in [5, 5.41) is 0. The number of methoxy groups -OCH3 is 1. The first-order valence-corrected chi connectivity index (χ1v) is 9.83. The predicted octanol–water partition coefficient (Wildman–Crippen LogP) is 2.50. The highest BCUT2D eigenvalue weighted by atomic mass is 32.2. The number of nitrogens with zero attached hydrogens (tertiary/aromatic N) is 3. The predicted molar refractivity (Wildman–Crippen MR) is 94.7 cm³/mol. The van der Waals surface area contributed by atoms with Crippen LogP contribution in [-0.2, 0) is 21.4 Å².